The number of aromatic nitrogens is 1. The average molecular weight is 563 g/mol. The van der Waals surface area contributed by atoms with Crippen molar-refractivity contribution in [3.05, 3.63) is 182 Å². The van der Waals surface area contributed by atoms with Gasteiger partial charge in [0.2, 0.25) is 0 Å². The first kappa shape index (κ1) is 25.8. The zero-order valence-corrected chi connectivity index (χ0v) is 24.2. The molecular weight excluding hydrogens is 532 g/mol. The molecule has 208 valence electrons. The van der Waals surface area contributed by atoms with Crippen LogP contribution in [0.5, 0.6) is 0 Å². The first-order valence-electron chi connectivity index (χ1n) is 15.0. The predicted molar refractivity (Wildman–Crippen MR) is 186 cm³/mol. The van der Waals surface area contributed by atoms with Crippen LogP contribution in [0.1, 0.15) is 0 Å². The first-order valence-corrected chi connectivity index (χ1v) is 15.0. The van der Waals surface area contributed by atoms with Gasteiger partial charge in [-0.3, -0.25) is 0 Å². The van der Waals surface area contributed by atoms with Crippen LogP contribution in [0.2, 0.25) is 0 Å². The minimum Gasteiger partial charge on any atom is -0.310 e. The molecule has 0 aliphatic carbocycles. The Bertz CT molecular complexity index is 2170. The molecule has 1 heterocycles. The van der Waals surface area contributed by atoms with Crippen LogP contribution >= 0.6 is 0 Å². The van der Waals surface area contributed by atoms with Gasteiger partial charge in [-0.05, 0) is 77.4 Å². The van der Waals surface area contributed by atoms with Crippen LogP contribution in [0.15, 0.2) is 182 Å². The lowest BCUT2D eigenvalue weighted by Crippen LogP contribution is -2.09. The molecule has 2 heteroatoms. The quantitative estimate of drug-likeness (QED) is 0.196. The van der Waals surface area contributed by atoms with Crippen LogP contribution in [0.3, 0.4) is 0 Å². The Labute approximate surface area is 257 Å². The fourth-order valence-corrected chi connectivity index (χ4v) is 6.39. The molecular formula is C42H30N2. The minimum atomic E-state index is 1.12. The number of hydrogen-bond donors (Lipinski definition) is 0. The maximum absolute atomic E-state index is 2.41. The van der Waals surface area contributed by atoms with Crippen molar-refractivity contribution in [2.75, 3.05) is 4.90 Å². The van der Waals surface area contributed by atoms with E-state index in [1.165, 1.54) is 44.1 Å². The molecule has 8 rings (SSSR count). The summed E-state index contributed by atoms with van der Waals surface area (Å²) < 4.78 is 2.41. The van der Waals surface area contributed by atoms with E-state index in [-0.39, 0.29) is 0 Å². The summed E-state index contributed by atoms with van der Waals surface area (Å²) in [6.07, 6.45) is 0. The number of fused-ring (bicyclic) bond motifs is 3. The zero-order chi connectivity index (χ0) is 29.3. The predicted octanol–water partition coefficient (Wildman–Crippen LogP) is 11.6. The summed E-state index contributed by atoms with van der Waals surface area (Å²) in [6, 6.07) is 65.0. The fraction of sp³-hybridized carbons (Fsp3) is 0. The standard InChI is InChI=1S/C42H30N2/c1-4-18-34(19-5-1)43(35-20-6-2-7-21-35)37-24-13-16-32(30-37)31-15-12-17-33(29-31)38-26-14-27-40-39-25-10-11-28-41(39)44(42(38)40)36-22-8-3-9-23-36/h1-30H. The molecule has 8 aromatic rings. The lowest BCUT2D eigenvalue weighted by Gasteiger charge is -2.26. The molecule has 2 nitrogen and oxygen atoms in total. The van der Waals surface area contributed by atoms with E-state index in [0.717, 1.165) is 22.7 Å². The summed E-state index contributed by atoms with van der Waals surface area (Å²) in [5.41, 5.74) is 11.8. The highest BCUT2D eigenvalue weighted by molar-refractivity contribution is 6.13. The van der Waals surface area contributed by atoms with Crippen LogP contribution in [0, 0.1) is 0 Å². The molecule has 0 aliphatic rings. The summed E-state index contributed by atoms with van der Waals surface area (Å²) in [6.45, 7) is 0. The van der Waals surface area contributed by atoms with Gasteiger partial charge in [0.25, 0.3) is 0 Å². The summed E-state index contributed by atoms with van der Waals surface area (Å²) in [5.74, 6) is 0. The average Bonchev–Trinajstić information content (AvgIpc) is 3.45. The second-order valence-corrected chi connectivity index (χ2v) is 11.0. The van der Waals surface area contributed by atoms with E-state index in [4.69, 9.17) is 0 Å². The number of rotatable bonds is 6. The smallest absolute Gasteiger partial charge is 0.0619 e. The molecule has 0 aliphatic heterocycles. The van der Waals surface area contributed by atoms with Crippen molar-refractivity contribution in [1.82, 2.24) is 4.57 Å². The maximum Gasteiger partial charge on any atom is 0.0619 e. The Kier molecular flexibility index (Phi) is 6.51. The van der Waals surface area contributed by atoms with Crippen molar-refractivity contribution >= 4 is 38.9 Å². The Morgan fingerprint density at radius 2 is 0.886 bits per heavy atom. The molecule has 0 bridgehead atoms. The summed E-state index contributed by atoms with van der Waals surface area (Å²) in [7, 11) is 0. The molecule has 0 N–H and O–H groups in total. The topological polar surface area (TPSA) is 8.17 Å². The van der Waals surface area contributed by atoms with E-state index in [0.29, 0.717) is 0 Å². The van der Waals surface area contributed by atoms with Gasteiger partial charge in [-0.25, -0.2) is 0 Å². The van der Waals surface area contributed by atoms with Gasteiger partial charge in [0, 0.05) is 39.1 Å². The van der Waals surface area contributed by atoms with Gasteiger partial charge in [0.15, 0.2) is 0 Å². The third kappa shape index (κ3) is 4.54. The van der Waals surface area contributed by atoms with E-state index in [2.05, 4.69) is 191 Å². The van der Waals surface area contributed by atoms with Crippen LogP contribution in [0.4, 0.5) is 17.1 Å². The molecule has 0 fully saturated rings. The van der Waals surface area contributed by atoms with Crippen LogP contribution < -0.4 is 4.90 Å². The van der Waals surface area contributed by atoms with Gasteiger partial charge in [-0.1, -0.05) is 121 Å². The first-order chi connectivity index (χ1) is 21.8. The van der Waals surface area contributed by atoms with Crippen LogP contribution in [-0.4, -0.2) is 4.57 Å². The molecule has 0 unspecified atom stereocenters. The van der Waals surface area contributed by atoms with E-state index in [9.17, 15) is 0 Å². The fourth-order valence-electron chi connectivity index (χ4n) is 6.39. The highest BCUT2D eigenvalue weighted by Crippen LogP contribution is 2.40. The SMILES string of the molecule is c1ccc(N(c2ccccc2)c2cccc(-c3cccc(-c4cccc5c6ccccc6n(-c6ccccc6)c45)c3)c2)cc1. The molecule has 0 saturated heterocycles. The number of anilines is 3. The molecule has 0 radical (unpaired) electrons. The van der Waals surface area contributed by atoms with Crippen molar-refractivity contribution in [2.45, 2.75) is 0 Å². The van der Waals surface area contributed by atoms with Gasteiger partial charge in [-0.15, -0.1) is 0 Å². The Hall–Kier alpha value is -5.86. The van der Waals surface area contributed by atoms with E-state index in [1.807, 2.05) is 0 Å². The van der Waals surface area contributed by atoms with Crippen molar-refractivity contribution in [3.63, 3.8) is 0 Å². The van der Waals surface area contributed by atoms with Crippen molar-refractivity contribution < 1.29 is 0 Å². The van der Waals surface area contributed by atoms with Crippen LogP contribution in [0.25, 0.3) is 49.7 Å². The number of hydrogen-bond acceptors (Lipinski definition) is 1. The number of benzene rings is 7. The van der Waals surface area contributed by atoms with E-state index >= 15 is 0 Å². The Morgan fingerprint density at radius 3 is 1.61 bits per heavy atom. The van der Waals surface area contributed by atoms with Gasteiger partial charge in [0.1, 0.15) is 0 Å². The highest BCUT2D eigenvalue weighted by Gasteiger charge is 2.17. The summed E-state index contributed by atoms with van der Waals surface area (Å²) in [4.78, 5) is 2.31. The summed E-state index contributed by atoms with van der Waals surface area (Å²) >= 11 is 0. The lowest BCUT2D eigenvalue weighted by molar-refractivity contribution is 1.18. The Morgan fingerprint density at radius 1 is 0.364 bits per heavy atom. The second-order valence-electron chi connectivity index (χ2n) is 11.0. The second kappa shape index (κ2) is 11.1. The van der Waals surface area contributed by atoms with Crippen molar-refractivity contribution in [3.8, 4) is 27.9 Å². The molecule has 7 aromatic carbocycles. The van der Waals surface area contributed by atoms with Crippen molar-refractivity contribution in [1.29, 1.82) is 0 Å². The molecule has 0 amide bonds. The molecule has 44 heavy (non-hydrogen) atoms. The normalized spacial score (nSPS) is 11.2. The minimum absolute atomic E-state index is 1.12. The Balaban J connectivity index is 1.28. The van der Waals surface area contributed by atoms with Crippen molar-refractivity contribution in [2.24, 2.45) is 0 Å². The largest absolute Gasteiger partial charge is 0.310 e. The molecule has 0 atom stereocenters. The van der Waals surface area contributed by atoms with Gasteiger partial charge in [-0.2, -0.15) is 0 Å². The van der Waals surface area contributed by atoms with Gasteiger partial charge >= 0.3 is 0 Å². The molecule has 1 aromatic heterocycles. The monoisotopic (exact) mass is 562 g/mol. The molecule has 0 saturated carbocycles. The highest BCUT2D eigenvalue weighted by atomic mass is 15.1. The van der Waals surface area contributed by atoms with E-state index < -0.39 is 0 Å². The zero-order valence-electron chi connectivity index (χ0n) is 24.2. The van der Waals surface area contributed by atoms with Gasteiger partial charge < -0.3 is 9.47 Å². The maximum atomic E-state index is 2.41. The van der Waals surface area contributed by atoms with Gasteiger partial charge in [0.05, 0.1) is 11.0 Å². The van der Waals surface area contributed by atoms with E-state index in [1.54, 1.807) is 0 Å². The number of nitrogens with zero attached hydrogens (tertiary/aromatic N) is 2. The number of para-hydroxylation sites is 5. The lowest BCUT2D eigenvalue weighted by atomic mass is 9.97. The molecule has 0 spiro atoms. The summed E-state index contributed by atoms with van der Waals surface area (Å²) in [5, 5.41) is 2.52. The third-order valence-electron chi connectivity index (χ3n) is 8.35. The third-order valence-corrected chi connectivity index (χ3v) is 8.35. The van der Waals surface area contributed by atoms with Crippen LogP contribution in [-0.2, 0) is 0 Å².